The van der Waals surface area contributed by atoms with Crippen molar-refractivity contribution in [3.63, 3.8) is 0 Å². The number of nitrogens with two attached hydrogens (primary N) is 2. The van der Waals surface area contributed by atoms with Gasteiger partial charge < -0.3 is 95.5 Å². The standard InChI is InChI=1S/C18H13ClF2N2O2S.C15H18ClNO4S.C10H11ClN2O2S.C10H12ClNO2.C9H10ClNO2.C8H5BrF2O.C4H5NO2S.CH3F.2CH4O.CH4.Cl2OS.ClH.Na.H2O/c19-12-3-1-10(2-4-12)5-15(17(24)25)22-18-23-16(9-26-18)11-6-13(20)8-14(21)7-11;1-3-21-14(18)9-13(22)17-12(15(19)20-2)8-10-4-6-11(16)7-5-10;11-7-3-1-6(2-4-7)5-8(9(14)15)13-10(12)16;1-14-10(13)9(12)6-7-2-4-8(11)5-3-7;10-7-3-1-6(2-4-7)5-8(11)9(12)13;9-4-8(12)5-1-6(10)3-7(11)2-5;1-2-7-4(6)5-3-8;3*1-2;;1-4(2)3;;;/h1-4,6-9,15H,5H2,(H,22,23)(H,24,25);4-7,12H,3,8-9H2,1-2H3,(H,17,22);1-4,8H,5H2,(H,14,15)(H3,12,13,16);2-5,9H,6,12H2,1H3;1-4,8H,5,11H2,(H,12,13);1-3H,4H2;2H2,1H3;1H3;2*2H,1H3;1H4;;1H;;1H2/q;;;;;;;;;;;;;+1;/p-1/i;;;;;;;1D;;;;;;;. The molecule has 5 atom stereocenters. The number of carboxylic acid groups (broad SMARTS) is 3. The van der Waals surface area contributed by atoms with Crippen LogP contribution in [0.5, 0.6) is 0 Å². The van der Waals surface area contributed by atoms with E-state index < -0.39 is 99.8 Å². The number of thiocarbonyl (C=S) groups is 3. The molecular formula is C78H91BrCl8F5N8NaO19S5. The van der Waals surface area contributed by atoms with Gasteiger partial charge in [0.2, 0.25) is 9.23 Å². The fraction of sp³-hybridized carbons (Fsp3) is 0.282. The maximum absolute atomic E-state index is 13.3. The van der Waals surface area contributed by atoms with Gasteiger partial charge in [-0.1, -0.05) is 154 Å². The minimum Gasteiger partial charge on any atom is -1.00 e. The van der Waals surface area contributed by atoms with Crippen LogP contribution in [0.4, 0.5) is 31.9 Å². The van der Waals surface area contributed by atoms with Gasteiger partial charge in [0.05, 0.1) is 63.6 Å². The number of thiazole rings is 1. The fourth-order valence-electron chi connectivity index (χ4n) is 8.49. The summed E-state index contributed by atoms with van der Waals surface area (Å²) in [6, 6.07) is 37.5. The molecule has 27 nitrogen and oxygen atoms in total. The summed E-state index contributed by atoms with van der Waals surface area (Å²) in [7, 11) is 11.0. The number of hydrogen-bond acceptors (Lipinski definition) is 23. The van der Waals surface area contributed by atoms with Gasteiger partial charge in [0, 0.05) is 115 Å². The molecule has 7 aromatic carbocycles. The van der Waals surface area contributed by atoms with Gasteiger partial charge in [0.1, 0.15) is 47.4 Å². The summed E-state index contributed by atoms with van der Waals surface area (Å²) in [5.41, 5.74) is 19.5. The zero-order valence-corrected chi connectivity index (χ0v) is 80.3. The minimum atomic E-state index is -1.67. The van der Waals surface area contributed by atoms with Crippen molar-refractivity contribution in [2.75, 3.05) is 59.5 Å². The number of isothiocyanates is 1. The number of anilines is 1. The number of methoxy groups -OCH3 is 2. The van der Waals surface area contributed by atoms with Gasteiger partial charge in [-0.15, -0.1) is 16.3 Å². The van der Waals surface area contributed by atoms with Crippen LogP contribution in [0.1, 0.15) is 67.2 Å². The molecule has 0 fully saturated rings. The zero-order chi connectivity index (χ0) is 93.6. The fourth-order valence-corrected chi connectivity index (χ4v) is 10.7. The first kappa shape index (κ1) is 128. The number of nitrogens with zero attached hydrogens (tertiary/aromatic N) is 2. The molecular weight excluding hydrogens is 1990 g/mol. The Morgan fingerprint density at radius 3 is 1.29 bits per heavy atom. The van der Waals surface area contributed by atoms with Crippen LogP contribution in [0, 0.1) is 23.3 Å². The van der Waals surface area contributed by atoms with Crippen LogP contribution in [-0.2, 0) is 89.0 Å². The summed E-state index contributed by atoms with van der Waals surface area (Å²) in [5.74, 6) is -7.42. The number of hydrogen-bond donors (Lipinski definition) is 11. The molecule has 0 radical (unpaired) electrons. The van der Waals surface area contributed by atoms with Crippen molar-refractivity contribution < 1.29 is 164 Å². The van der Waals surface area contributed by atoms with Crippen molar-refractivity contribution in [1.82, 2.24) is 15.6 Å². The van der Waals surface area contributed by atoms with Gasteiger partial charge in [0.25, 0.3) is 0 Å². The normalized spacial score (nSPS) is 10.6. The predicted molar refractivity (Wildman–Crippen MR) is 485 cm³/mol. The minimum absolute atomic E-state index is 0. The molecule has 0 saturated heterocycles. The van der Waals surface area contributed by atoms with E-state index >= 15 is 0 Å². The molecule has 1 amide bonds. The summed E-state index contributed by atoms with van der Waals surface area (Å²) >= 11 is 46.7. The van der Waals surface area contributed by atoms with Crippen LogP contribution in [0.25, 0.3) is 11.3 Å². The molecule has 0 spiro atoms. The van der Waals surface area contributed by atoms with Crippen LogP contribution in [0.3, 0.4) is 0 Å². The van der Waals surface area contributed by atoms with E-state index in [0.29, 0.717) is 68.2 Å². The maximum Gasteiger partial charge on any atom is 1.00 e. The Morgan fingerprint density at radius 2 is 0.960 bits per heavy atom. The van der Waals surface area contributed by atoms with Gasteiger partial charge in [-0.25, -0.2) is 50.7 Å². The Balaban J connectivity index is -0.000000261. The van der Waals surface area contributed by atoms with Crippen LogP contribution in [0.2, 0.25) is 25.1 Å². The van der Waals surface area contributed by atoms with Gasteiger partial charge in [-0.3, -0.25) is 18.8 Å². The molecule has 1 heterocycles. The molecule has 8 aromatic rings. The smallest absolute Gasteiger partial charge is 1.00 e. The maximum atomic E-state index is 13.3. The number of aromatic nitrogens is 1. The first-order valence-corrected chi connectivity index (χ1v) is 41.7. The number of aliphatic imine (C=N–C) groups is 1. The van der Waals surface area contributed by atoms with Crippen molar-refractivity contribution in [2.24, 2.45) is 16.5 Å². The van der Waals surface area contributed by atoms with Crippen molar-refractivity contribution >= 4 is 221 Å². The van der Waals surface area contributed by atoms with Crippen molar-refractivity contribution in [1.29, 1.82) is 0 Å². The molecule has 0 bridgehead atoms. The average molecular weight is 2090 g/mol. The number of amides is 1. The number of aliphatic carboxylic acids is 3. The summed E-state index contributed by atoms with van der Waals surface area (Å²) in [6.07, 6.45) is 1.04. The number of rotatable bonds is 26. The first-order valence-electron chi connectivity index (χ1n) is 34.5. The molecule has 16 N–H and O–H groups in total. The summed E-state index contributed by atoms with van der Waals surface area (Å²) in [6.45, 7) is 4.01. The number of benzene rings is 7. The van der Waals surface area contributed by atoms with Crippen molar-refractivity contribution in [2.45, 2.75) is 90.0 Å². The summed E-state index contributed by atoms with van der Waals surface area (Å²) in [5, 5.41) is 56.1. The molecule has 0 aliphatic heterocycles. The molecule has 686 valence electrons. The van der Waals surface area contributed by atoms with Gasteiger partial charge in [0.15, 0.2) is 22.1 Å². The number of quaternary nitrogens is 1. The number of carbonyl (C=O) groups excluding carboxylic acids is 5. The van der Waals surface area contributed by atoms with Gasteiger partial charge in [-0.2, -0.15) is 0 Å². The second-order valence-corrected chi connectivity index (χ2v) is 29.6. The molecule has 0 aliphatic carbocycles. The number of carboxylic acids is 3. The van der Waals surface area contributed by atoms with Crippen LogP contribution < -0.4 is 75.1 Å². The van der Waals surface area contributed by atoms with E-state index in [1.54, 1.807) is 116 Å². The SMILES string of the molecule is C.CCOC(=O)CC(=S)NC(Cc1ccc(Cl)cc1)C(=O)OC.CCOC(=O)N=C=S.CO.CO.COC(=O)C([NH3+])Cc1ccc(Cl)cc1.NC(=S)NC(Cc1ccc(Cl)cc1)C(=O)O.NC(Cc1ccc(Cl)cc1)C(=O)O.O=C(CBr)c1cc(F)cc(F)c1.O=C(O)C(Cc1ccc(Cl)cc1)Nc1nc(-c2cc(F)cc(F)c2)cs1.O=S(Cl)Cl.[2H]CF.[Cl-].[Na+].[OH-]. The number of esters is 3. The Labute approximate surface area is 814 Å². The Morgan fingerprint density at radius 1 is 0.616 bits per heavy atom. The molecule has 0 aliphatic rings. The van der Waals surface area contributed by atoms with Crippen LogP contribution in [-0.4, -0.2) is 188 Å². The Hall–Kier alpha value is -7.29. The molecule has 8 rings (SSSR count). The number of nitrogens with one attached hydrogen (secondary N) is 3. The van der Waals surface area contributed by atoms with E-state index in [4.69, 9.17) is 117 Å². The average Bonchev–Trinajstić information content (AvgIpc) is 1.70. The van der Waals surface area contributed by atoms with E-state index in [1.165, 1.54) is 26.4 Å². The molecule has 125 heavy (non-hydrogen) atoms. The van der Waals surface area contributed by atoms with Crippen LogP contribution in [0.15, 0.2) is 168 Å². The van der Waals surface area contributed by atoms with E-state index in [9.17, 15) is 65.4 Å². The largest absolute Gasteiger partial charge is 1.00 e. The van der Waals surface area contributed by atoms with Crippen molar-refractivity contribution in [3.8, 4) is 11.3 Å². The quantitative estimate of drug-likeness (QED) is 0.00276. The second kappa shape index (κ2) is 77.8. The summed E-state index contributed by atoms with van der Waals surface area (Å²) in [4.78, 5) is 95.7. The molecule has 0 saturated carbocycles. The predicted octanol–water partition coefficient (Wildman–Crippen LogP) is 9.37. The van der Waals surface area contributed by atoms with E-state index in [2.05, 4.69) is 103 Å². The Kier molecular flexibility index (Phi) is 80.0. The van der Waals surface area contributed by atoms with Crippen LogP contribution >= 0.6 is 143 Å². The third-order valence-corrected chi connectivity index (χ3v) is 16.7. The monoisotopic (exact) mass is 2080 g/mol. The topological polar surface area (TPSA) is 463 Å². The first-order chi connectivity index (χ1) is 57.7. The number of carbonyl (C=O) groups is 8. The third-order valence-electron chi connectivity index (χ3n) is 13.7. The number of aliphatic hydroxyl groups is 2. The number of aliphatic hydroxyl groups excluding tert-OH is 2. The molecule has 47 heteroatoms. The zero-order valence-electron chi connectivity index (χ0n) is 67.6. The van der Waals surface area contributed by atoms with Gasteiger partial charge in [-0.05, 0) is 157 Å². The Bertz CT molecular complexity index is 4540. The van der Waals surface area contributed by atoms with E-state index in [0.717, 1.165) is 77.6 Å². The van der Waals surface area contributed by atoms with Gasteiger partial charge >= 0.3 is 71.5 Å². The third kappa shape index (κ3) is 64.2. The molecule has 5 unspecified atom stereocenters. The van der Waals surface area contributed by atoms with E-state index in [-0.39, 0.29) is 119 Å². The number of alkyl halides is 2. The number of Topliss-reactive ketones (excluding diaryl/α,β-unsaturated/α-hetero) is 1. The number of ether oxygens (including phenoxy) is 4. The number of ketones is 1. The molecule has 1 aromatic heterocycles. The second-order valence-electron chi connectivity index (χ2n) is 22.4. The van der Waals surface area contributed by atoms with Crippen molar-refractivity contribution in [3.05, 3.63) is 245 Å². The number of halogens is 14. The van der Waals surface area contributed by atoms with E-state index in [1.807, 2.05) is 29.4 Å². The summed E-state index contributed by atoms with van der Waals surface area (Å²) < 4.78 is 94.8.